The Morgan fingerprint density at radius 1 is 0.935 bits per heavy atom. The maximum atomic E-state index is 6.58. The summed E-state index contributed by atoms with van der Waals surface area (Å²) in [4.78, 5) is 2.40. The van der Waals surface area contributed by atoms with E-state index in [2.05, 4.69) is 59.6 Å². The van der Waals surface area contributed by atoms with Gasteiger partial charge in [-0.05, 0) is 60.2 Å². The van der Waals surface area contributed by atoms with Crippen molar-refractivity contribution in [2.75, 3.05) is 18.0 Å². The minimum absolute atomic E-state index is 0.217. The zero-order chi connectivity index (χ0) is 21.8. The third-order valence-corrected chi connectivity index (χ3v) is 6.95. The van der Waals surface area contributed by atoms with E-state index in [0.717, 1.165) is 36.6 Å². The van der Waals surface area contributed by atoms with Crippen molar-refractivity contribution in [3.63, 3.8) is 0 Å². The quantitative estimate of drug-likeness (QED) is 0.393. The number of benzene rings is 3. The monoisotopic (exact) mass is 472 g/mol. The number of hydrogen-bond acceptors (Lipinski definition) is 2. The van der Waals surface area contributed by atoms with Crippen molar-refractivity contribution in [3.05, 3.63) is 99.0 Å². The molecule has 0 saturated carbocycles. The Balaban J connectivity index is 1.52. The summed E-state index contributed by atoms with van der Waals surface area (Å²) in [6.45, 7) is 4.16. The SMILES string of the molecule is CC(CNC1CCN(c2ccc(Cl)cc2Cl)C(c2ccc(Cl)cc2)C1)c1ccccc1. The van der Waals surface area contributed by atoms with Crippen LogP contribution < -0.4 is 10.2 Å². The first kappa shape index (κ1) is 22.5. The molecule has 1 fully saturated rings. The van der Waals surface area contributed by atoms with Crippen molar-refractivity contribution in [1.82, 2.24) is 5.32 Å². The summed E-state index contributed by atoms with van der Waals surface area (Å²) >= 11 is 18.9. The Bertz CT molecular complexity index is 991. The molecule has 162 valence electrons. The van der Waals surface area contributed by atoms with Crippen molar-refractivity contribution < 1.29 is 0 Å². The highest BCUT2D eigenvalue weighted by molar-refractivity contribution is 6.36. The minimum atomic E-state index is 0.217. The van der Waals surface area contributed by atoms with Gasteiger partial charge in [-0.2, -0.15) is 0 Å². The Hall–Kier alpha value is -1.71. The van der Waals surface area contributed by atoms with Crippen molar-refractivity contribution in [2.24, 2.45) is 0 Å². The predicted molar refractivity (Wildman–Crippen MR) is 134 cm³/mol. The lowest BCUT2D eigenvalue weighted by Gasteiger charge is -2.42. The third-order valence-electron chi connectivity index (χ3n) is 6.16. The number of anilines is 1. The topological polar surface area (TPSA) is 15.3 Å². The Labute approximate surface area is 200 Å². The van der Waals surface area contributed by atoms with Crippen LogP contribution in [0.2, 0.25) is 15.1 Å². The van der Waals surface area contributed by atoms with E-state index in [1.54, 1.807) is 0 Å². The van der Waals surface area contributed by atoms with Crippen LogP contribution in [0.1, 0.15) is 42.9 Å². The standard InChI is InChI=1S/C26H27Cl3N2/c1-18(19-5-3-2-4-6-19)17-30-23-13-14-31(25-12-11-22(28)15-24(25)29)26(16-23)20-7-9-21(27)10-8-20/h2-12,15,18,23,26,30H,13-14,16-17H2,1H3. The second kappa shape index (κ2) is 10.3. The average molecular weight is 474 g/mol. The van der Waals surface area contributed by atoms with Gasteiger partial charge in [0.05, 0.1) is 16.8 Å². The summed E-state index contributed by atoms with van der Waals surface area (Å²) in [5.74, 6) is 0.471. The van der Waals surface area contributed by atoms with Crippen molar-refractivity contribution >= 4 is 40.5 Å². The molecule has 3 aromatic rings. The van der Waals surface area contributed by atoms with Gasteiger partial charge in [-0.25, -0.2) is 0 Å². The van der Waals surface area contributed by atoms with Crippen LogP contribution in [0.5, 0.6) is 0 Å². The number of nitrogens with zero attached hydrogens (tertiary/aromatic N) is 1. The van der Waals surface area contributed by atoms with E-state index >= 15 is 0 Å². The van der Waals surface area contributed by atoms with E-state index in [1.165, 1.54) is 11.1 Å². The molecule has 4 rings (SSSR count). The zero-order valence-corrected chi connectivity index (χ0v) is 19.8. The number of hydrogen-bond donors (Lipinski definition) is 1. The van der Waals surface area contributed by atoms with Crippen LogP contribution in [0.15, 0.2) is 72.8 Å². The first-order chi connectivity index (χ1) is 15.0. The Morgan fingerprint density at radius 2 is 1.65 bits per heavy atom. The fraction of sp³-hybridized carbons (Fsp3) is 0.308. The van der Waals surface area contributed by atoms with E-state index in [9.17, 15) is 0 Å². The Morgan fingerprint density at radius 3 is 2.35 bits per heavy atom. The van der Waals surface area contributed by atoms with E-state index in [0.29, 0.717) is 22.0 Å². The van der Waals surface area contributed by atoms with Crippen LogP contribution in [-0.4, -0.2) is 19.1 Å². The highest BCUT2D eigenvalue weighted by Gasteiger charge is 2.31. The lowest BCUT2D eigenvalue weighted by atomic mass is 9.90. The lowest BCUT2D eigenvalue weighted by Crippen LogP contribution is -2.45. The van der Waals surface area contributed by atoms with E-state index < -0.39 is 0 Å². The van der Waals surface area contributed by atoms with Gasteiger partial charge in [0.2, 0.25) is 0 Å². The smallest absolute Gasteiger partial charge is 0.0654 e. The highest BCUT2D eigenvalue weighted by Crippen LogP contribution is 2.39. The fourth-order valence-electron chi connectivity index (χ4n) is 4.40. The van der Waals surface area contributed by atoms with Gasteiger partial charge in [0, 0.05) is 29.2 Å². The van der Waals surface area contributed by atoms with Crippen molar-refractivity contribution in [2.45, 2.75) is 37.8 Å². The summed E-state index contributed by atoms with van der Waals surface area (Å²) in [6, 6.07) is 25.3. The van der Waals surface area contributed by atoms with Crippen LogP contribution >= 0.6 is 34.8 Å². The van der Waals surface area contributed by atoms with Gasteiger partial charge in [0.25, 0.3) is 0 Å². The molecule has 0 spiro atoms. The second-order valence-electron chi connectivity index (χ2n) is 8.30. The number of rotatable bonds is 6. The fourth-order valence-corrected chi connectivity index (χ4v) is 5.04. The average Bonchev–Trinajstić information content (AvgIpc) is 2.79. The van der Waals surface area contributed by atoms with Crippen LogP contribution in [0.3, 0.4) is 0 Å². The molecular weight excluding hydrogens is 447 g/mol. The molecule has 0 amide bonds. The van der Waals surface area contributed by atoms with E-state index in [1.807, 2.05) is 30.3 Å². The van der Waals surface area contributed by atoms with Gasteiger partial charge in [-0.1, -0.05) is 84.2 Å². The molecule has 3 atom stereocenters. The van der Waals surface area contributed by atoms with E-state index in [-0.39, 0.29) is 6.04 Å². The maximum Gasteiger partial charge on any atom is 0.0654 e. The first-order valence-corrected chi connectivity index (χ1v) is 11.9. The van der Waals surface area contributed by atoms with Crippen molar-refractivity contribution in [1.29, 1.82) is 0 Å². The zero-order valence-electron chi connectivity index (χ0n) is 17.6. The molecule has 0 bridgehead atoms. The van der Waals surface area contributed by atoms with E-state index in [4.69, 9.17) is 34.8 Å². The van der Waals surface area contributed by atoms with Crippen LogP contribution in [0, 0.1) is 0 Å². The maximum absolute atomic E-state index is 6.58. The summed E-state index contributed by atoms with van der Waals surface area (Å²) < 4.78 is 0. The predicted octanol–water partition coefficient (Wildman–Crippen LogP) is 7.75. The third kappa shape index (κ3) is 5.56. The highest BCUT2D eigenvalue weighted by atomic mass is 35.5. The molecule has 1 aliphatic heterocycles. The molecule has 0 aliphatic carbocycles. The molecule has 5 heteroatoms. The van der Waals surface area contributed by atoms with Crippen molar-refractivity contribution in [3.8, 4) is 0 Å². The summed E-state index contributed by atoms with van der Waals surface area (Å²) in [5, 5.41) is 5.92. The van der Waals surface area contributed by atoms with Gasteiger partial charge < -0.3 is 10.2 Å². The molecule has 1 heterocycles. The molecule has 1 aliphatic rings. The van der Waals surface area contributed by atoms with Gasteiger partial charge >= 0.3 is 0 Å². The minimum Gasteiger partial charge on any atom is -0.363 e. The molecular formula is C26H27Cl3N2. The molecule has 3 unspecified atom stereocenters. The van der Waals surface area contributed by atoms with Crippen LogP contribution in [-0.2, 0) is 0 Å². The van der Waals surface area contributed by atoms with Gasteiger partial charge in [-0.3, -0.25) is 0 Å². The van der Waals surface area contributed by atoms with Crippen LogP contribution in [0.25, 0.3) is 0 Å². The molecule has 0 aromatic heterocycles. The lowest BCUT2D eigenvalue weighted by molar-refractivity contribution is 0.355. The first-order valence-electron chi connectivity index (χ1n) is 10.8. The molecule has 1 saturated heterocycles. The summed E-state index contributed by atoms with van der Waals surface area (Å²) in [5.41, 5.74) is 3.65. The van der Waals surface area contributed by atoms with Gasteiger partial charge in [-0.15, -0.1) is 0 Å². The number of halogens is 3. The van der Waals surface area contributed by atoms with Gasteiger partial charge in [0.15, 0.2) is 0 Å². The number of nitrogens with one attached hydrogen (secondary N) is 1. The van der Waals surface area contributed by atoms with Gasteiger partial charge in [0.1, 0.15) is 0 Å². The second-order valence-corrected chi connectivity index (χ2v) is 9.58. The largest absolute Gasteiger partial charge is 0.363 e. The molecule has 31 heavy (non-hydrogen) atoms. The number of piperidine rings is 1. The molecule has 3 aromatic carbocycles. The molecule has 0 radical (unpaired) electrons. The Kier molecular flexibility index (Phi) is 7.45. The molecule has 2 nitrogen and oxygen atoms in total. The normalized spacial score (nSPS) is 19.9. The van der Waals surface area contributed by atoms with Crippen LogP contribution in [0.4, 0.5) is 5.69 Å². The molecule has 1 N–H and O–H groups in total. The summed E-state index contributed by atoms with van der Waals surface area (Å²) in [6.07, 6.45) is 2.06. The summed E-state index contributed by atoms with van der Waals surface area (Å²) in [7, 11) is 0.